The minimum atomic E-state index is -0.922. The summed E-state index contributed by atoms with van der Waals surface area (Å²) in [5.41, 5.74) is -0.922. The van der Waals surface area contributed by atoms with E-state index in [1.165, 1.54) is 0 Å². The molecule has 0 bridgehead atoms. The second kappa shape index (κ2) is 7.69. The Morgan fingerprint density at radius 3 is 2.41 bits per heavy atom. The number of para-hydroxylation sites is 2. The van der Waals surface area contributed by atoms with Gasteiger partial charge < -0.3 is 14.8 Å². The van der Waals surface area contributed by atoms with Crippen LogP contribution >= 0.6 is 0 Å². The van der Waals surface area contributed by atoms with Crippen LogP contribution in [0.3, 0.4) is 0 Å². The van der Waals surface area contributed by atoms with E-state index in [1.807, 2.05) is 32.9 Å². The van der Waals surface area contributed by atoms with E-state index in [0.717, 1.165) is 0 Å². The van der Waals surface area contributed by atoms with E-state index in [0.29, 0.717) is 18.1 Å². The van der Waals surface area contributed by atoms with Gasteiger partial charge in [-0.15, -0.1) is 0 Å². The first-order chi connectivity index (χ1) is 10.3. The van der Waals surface area contributed by atoms with Gasteiger partial charge in [0.1, 0.15) is 5.54 Å². The Balaban J connectivity index is 2.79. The summed E-state index contributed by atoms with van der Waals surface area (Å²) >= 11 is 0. The van der Waals surface area contributed by atoms with Crippen LogP contribution < -0.4 is 14.8 Å². The zero-order chi connectivity index (χ0) is 16.8. The van der Waals surface area contributed by atoms with Gasteiger partial charge in [-0.25, -0.2) is 0 Å². The molecule has 0 aliphatic carbocycles. The monoisotopic (exact) mass is 304 g/mol. The molecule has 5 heteroatoms. The largest absolute Gasteiger partial charge is 0.490 e. The van der Waals surface area contributed by atoms with Crippen LogP contribution in [0.15, 0.2) is 24.3 Å². The number of carbonyl (C=O) groups is 1. The second-order valence-corrected chi connectivity index (χ2v) is 5.60. The topological polar surface area (TPSA) is 71.3 Å². The van der Waals surface area contributed by atoms with Crippen molar-refractivity contribution in [2.24, 2.45) is 5.92 Å². The smallest absolute Gasteiger partial charge is 0.262 e. The maximum Gasteiger partial charge on any atom is 0.262 e. The number of hydrogen-bond donors (Lipinski definition) is 1. The van der Waals surface area contributed by atoms with Gasteiger partial charge in [-0.2, -0.15) is 5.26 Å². The fraction of sp³-hybridized carbons (Fsp3) is 0.529. The van der Waals surface area contributed by atoms with Crippen molar-refractivity contribution in [2.45, 2.75) is 46.3 Å². The van der Waals surface area contributed by atoms with Crippen LogP contribution in [0.5, 0.6) is 11.5 Å². The zero-order valence-electron chi connectivity index (χ0n) is 13.8. The first-order valence-corrected chi connectivity index (χ1v) is 7.45. The van der Waals surface area contributed by atoms with Gasteiger partial charge in [-0.3, -0.25) is 4.79 Å². The van der Waals surface area contributed by atoms with Crippen molar-refractivity contribution in [1.82, 2.24) is 5.32 Å². The maximum atomic E-state index is 12.3. The molecule has 1 aromatic carbocycles. The fourth-order valence-corrected chi connectivity index (χ4v) is 1.73. The van der Waals surface area contributed by atoms with E-state index in [4.69, 9.17) is 9.47 Å². The Bertz CT molecular complexity index is 551. The van der Waals surface area contributed by atoms with Crippen molar-refractivity contribution in [2.75, 3.05) is 6.61 Å². The third-order valence-electron chi connectivity index (χ3n) is 3.59. The van der Waals surface area contributed by atoms with E-state index in [9.17, 15) is 10.1 Å². The summed E-state index contributed by atoms with van der Waals surface area (Å²) in [7, 11) is 0. The van der Waals surface area contributed by atoms with E-state index >= 15 is 0 Å². The molecule has 0 spiro atoms. The minimum absolute atomic E-state index is 0.00985. The van der Waals surface area contributed by atoms with Crippen LogP contribution in [0.1, 0.15) is 34.6 Å². The number of benzene rings is 1. The molecule has 5 nitrogen and oxygen atoms in total. The van der Waals surface area contributed by atoms with E-state index in [-0.39, 0.29) is 11.8 Å². The van der Waals surface area contributed by atoms with Crippen LogP contribution in [0, 0.1) is 17.2 Å². The lowest BCUT2D eigenvalue weighted by atomic mass is 9.90. The highest BCUT2D eigenvalue weighted by Gasteiger charge is 2.32. The summed E-state index contributed by atoms with van der Waals surface area (Å²) in [4.78, 5) is 12.3. The SMILES string of the molecule is CCOc1ccccc1OC(C)C(=O)NC(C)(C#N)C(C)C. The molecule has 1 rings (SSSR count). The zero-order valence-corrected chi connectivity index (χ0v) is 13.8. The molecular weight excluding hydrogens is 280 g/mol. The van der Waals surface area contributed by atoms with E-state index in [1.54, 1.807) is 26.0 Å². The highest BCUT2D eigenvalue weighted by molar-refractivity contribution is 5.82. The lowest BCUT2D eigenvalue weighted by Crippen LogP contribution is -2.52. The molecule has 1 aromatic rings. The molecule has 0 saturated carbocycles. The Morgan fingerprint density at radius 2 is 1.91 bits per heavy atom. The number of nitriles is 1. The third kappa shape index (κ3) is 4.39. The molecule has 1 N–H and O–H groups in total. The van der Waals surface area contributed by atoms with Gasteiger partial charge in [0, 0.05) is 0 Å². The molecule has 0 aliphatic heterocycles. The van der Waals surface area contributed by atoms with Gasteiger partial charge in [-0.05, 0) is 38.8 Å². The van der Waals surface area contributed by atoms with Crippen molar-refractivity contribution >= 4 is 5.91 Å². The number of nitrogens with zero attached hydrogens (tertiary/aromatic N) is 1. The number of amides is 1. The average Bonchev–Trinajstić information content (AvgIpc) is 2.49. The molecule has 1 amide bonds. The lowest BCUT2D eigenvalue weighted by molar-refractivity contribution is -0.129. The molecule has 0 aliphatic rings. The number of rotatable bonds is 7. The summed E-state index contributed by atoms with van der Waals surface area (Å²) in [6.07, 6.45) is -0.729. The van der Waals surface area contributed by atoms with Crippen molar-refractivity contribution in [3.63, 3.8) is 0 Å². The Kier molecular flexibility index (Phi) is 6.24. The standard InChI is InChI=1S/C17H24N2O3/c1-6-21-14-9-7-8-10-15(14)22-13(4)16(20)19-17(5,11-18)12(2)3/h7-10,12-13H,6H2,1-5H3,(H,19,20). The molecule has 0 heterocycles. The molecule has 0 saturated heterocycles. The molecule has 0 aromatic heterocycles. The minimum Gasteiger partial charge on any atom is -0.490 e. The quantitative estimate of drug-likeness (QED) is 0.840. The summed E-state index contributed by atoms with van der Waals surface area (Å²) in [5, 5.41) is 12.0. The maximum absolute atomic E-state index is 12.3. The first-order valence-electron chi connectivity index (χ1n) is 7.45. The highest BCUT2D eigenvalue weighted by atomic mass is 16.5. The number of carbonyl (C=O) groups excluding carboxylic acids is 1. The van der Waals surface area contributed by atoms with E-state index < -0.39 is 11.6 Å². The molecule has 120 valence electrons. The predicted octanol–water partition coefficient (Wildman–Crippen LogP) is 2.91. The number of ether oxygens (including phenoxy) is 2. The van der Waals surface area contributed by atoms with Crippen LogP contribution in [0.2, 0.25) is 0 Å². The fourth-order valence-electron chi connectivity index (χ4n) is 1.73. The summed E-state index contributed by atoms with van der Waals surface area (Å²) in [6, 6.07) is 9.34. The highest BCUT2D eigenvalue weighted by Crippen LogP contribution is 2.27. The van der Waals surface area contributed by atoms with Gasteiger partial charge in [-0.1, -0.05) is 26.0 Å². The van der Waals surface area contributed by atoms with Gasteiger partial charge in [0.2, 0.25) is 0 Å². The van der Waals surface area contributed by atoms with Crippen molar-refractivity contribution in [1.29, 1.82) is 5.26 Å². The lowest BCUT2D eigenvalue weighted by Gasteiger charge is -2.29. The number of hydrogen-bond acceptors (Lipinski definition) is 4. The molecule has 22 heavy (non-hydrogen) atoms. The van der Waals surface area contributed by atoms with Crippen molar-refractivity contribution in [3.05, 3.63) is 24.3 Å². The molecule has 0 radical (unpaired) electrons. The predicted molar refractivity (Wildman–Crippen MR) is 84.7 cm³/mol. The normalized spacial score (nSPS) is 14.6. The van der Waals surface area contributed by atoms with Crippen molar-refractivity contribution in [3.8, 4) is 17.6 Å². The first kappa shape index (κ1) is 17.8. The van der Waals surface area contributed by atoms with Crippen LogP contribution in [0.25, 0.3) is 0 Å². The van der Waals surface area contributed by atoms with Gasteiger partial charge in [0.05, 0.1) is 12.7 Å². The number of nitrogens with one attached hydrogen (secondary N) is 1. The van der Waals surface area contributed by atoms with E-state index in [2.05, 4.69) is 11.4 Å². The van der Waals surface area contributed by atoms with Gasteiger partial charge >= 0.3 is 0 Å². The average molecular weight is 304 g/mol. The Labute approximate surface area is 132 Å². The summed E-state index contributed by atoms with van der Waals surface area (Å²) in [5.74, 6) is 0.764. The third-order valence-corrected chi connectivity index (χ3v) is 3.59. The van der Waals surface area contributed by atoms with Crippen LogP contribution in [-0.4, -0.2) is 24.2 Å². The molecule has 2 atom stereocenters. The molecular formula is C17H24N2O3. The van der Waals surface area contributed by atoms with Crippen LogP contribution in [0.4, 0.5) is 0 Å². The van der Waals surface area contributed by atoms with Gasteiger partial charge in [0.25, 0.3) is 5.91 Å². The summed E-state index contributed by atoms with van der Waals surface area (Å²) < 4.78 is 11.2. The Hall–Kier alpha value is -2.22. The van der Waals surface area contributed by atoms with Gasteiger partial charge in [0.15, 0.2) is 17.6 Å². The van der Waals surface area contributed by atoms with Crippen LogP contribution in [-0.2, 0) is 4.79 Å². The second-order valence-electron chi connectivity index (χ2n) is 5.60. The molecule has 0 fully saturated rings. The Morgan fingerprint density at radius 1 is 1.32 bits per heavy atom. The van der Waals surface area contributed by atoms with Crippen molar-refractivity contribution < 1.29 is 14.3 Å². The summed E-state index contributed by atoms with van der Waals surface area (Å²) in [6.45, 7) is 9.53. The molecule has 2 unspecified atom stereocenters.